The lowest BCUT2D eigenvalue weighted by Gasteiger charge is -2.27. The standard InChI is InChI=1S/C14H19ClO3/c1-16-10-6-7-11(13(9-10)17-2)14(15)12-5-3-4-8-18-12/h6-7,9,12,14H,3-5,8H2,1-2H3. The summed E-state index contributed by atoms with van der Waals surface area (Å²) in [4.78, 5) is 0. The second-order valence-corrected chi connectivity index (χ2v) is 4.88. The molecule has 0 saturated carbocycles. The molecule has 100 valence electrons. The summed E-state index contributed by atoms with van der Waals surface area (Å²) < 4.78 is 16.3. The maximum atomic E-state index is 6.52. The first kappa shape index (κ1) is 13.5. The fraction of sp³-hybridized carbons (Fsp3) is 0.571. The van der Waals surface area contributed by atoms with Crippen LogP contribution in [0.5, 0.6) is 11.5 Å². The van der Waals surface area contributed by atoms with E-state index in [9.17, 15) is 0 Å². The molecule has 0 aromatic heterocycles. The van der Waals surface area contributed by atoms with Gasteiger partial charge < -0.3 is 14.2 Å². The van der Waals surface area contributed by atoms with Gasteiger partial charge in [0, 0.05) is 18.2 Å². The van der Waals surface area contributed by atoms with Crippen LogP contribution in [0.3, 0.4) is 0 Å². The summed E-state index contributed by atoms with van der Waals surface area (Å²) in [7, 11) is 3.28. The van der Waals surface area contributed by atoms with Crippen molar-refractivity contribution in [3.8, 4) is 11.5 Å². The molecule has 0 spiro atoms. The maximum absolute atomic E-state index is 6.52. The second kappa shape index (κ2) is 6.30. The van der Waals surface area contributed by atoms with Gasteiger partial charge in [-0.1, -0.05) is 6.07 Å². The first-order valence-electron chi connectivity index (χ1n) is 6.24. The van der Waals surface area contributed by atoms with Crippen molar-refractivity contribution in [2.45, 2.75) is 30.7 Å². The Morgan fingerprint density at radius 3 is 2.72 bits per heavy atom. The van der Waals surface area contributed by atoms with Gasteiger partial charge in [-0.25, -0.2) is 0 Å². The molecule has 4 heteroatoms. The number of methoxy groups -OCH3 is 2. The Kier molecular flexibility index (Phi) is 4.72. The summed E-state index contributed by atoms with van der Waals surface area (Å²) in [6.07, 6.45) is 3.37. The molecule has 2 rings (SSSR count). The fourth-order valence-electron chi connectivity index (χ4n) is 2.24. The van der Waals surface area contributed by atoms with E-state index in [0.29, 0.717) is 0 Å². The van der Waals surface area contributed by atoms with Crippen LogP contribution in [-0.4, -0.2) is 26.9 Å². The van der Waals surface area contributed by atoms with Crippen LogP contribution in [0.15, 0.2) is 18.2 Å². The average molecular weight is 271 g/mol. The van der Waals surface area contributed by atoms with E-state index in [4.69, 9.17) is 25.8 Å². The summed E-state index contributed by atoms with van der Waals surface area (Å²) >= 11 is 6.52. The normalized spacial score (nSPS) is 21.4. The minimum Gasteiger partial charge on any atom is -0.497 e. The van der Waals surface area contributed by atoms with Crippen molar-refractivity contribution in [3.05, 3.63) is 23.8 Å². The lowest BCUT2D eigenvalue weighted by atomic mass is 10.00. The minimum atomic E-state index is -0.175. The van der Waals surface area contributed by atoms with Gasteiger partial charge >= 0.3 is 0 Å². The predicted octanol–water partition coefficient (Wildman–Crippen LogP) is 3.55. The van der Waals surface area contributed by atoms with E-state index in [-0.39, 0.29) is 11.5 Å². The number of alkyl halides is 1. The van der Waals surface area contributed by atoms with Crippen LogP contribution >= 0.6 is 11.6 Å². The Balaban J connectivity index is 2.20. The smallest absolute Gasteiger partial charge is 0.127 e. The lowest BCUT2D eigenvalue weighted by Crippen LogP contribution is -2.23. The van der Waals surface area contributed by atoms with E-state index < -0.39 is 0 Å². The Morgan fingerprint density at radius 2 is 2.11 bits per heavy atom. The molecule has 2 atom stereocenters. The first-order chi connectivity index (χ1) is 8.76. The van der Waals surface area contributed by atoms with E-state index >= 15 is 0 Å². The second-order valence-electron chi connectivity index (χ2n) is 4.41. The zero-order valence-corrected chi connectivity index (χ0v) is 11.6. The van der Waals surface area contributed by atoms with Crippen LogP contribution in [0.1, 0.15) is 30.2 Å². The Morgan fingerprint density at radius 1 is 1.28 bits per heavy atom. The molecule has 1 aliphatic heterocycles. The third-order valence-electron chi connectivity index (χ3n) is 3.28. The van der Waals surface area contributed by atoms with Crippen molar-refractivity contribution in [2.24, 2.45) is 0 Å². The molecular weight excluding hydrogens is 252 g/mol. The van der Waals surface area contributed by atoms with Crippen molar-refractivity contribution in [1.82, 2.24) is 0 Å². The van der Waals surface area contributed by atoms with Crippen molar-refractivity contribution in [2.75, 3.05) is 20.8 Å². The van der Waals surface area contributed by atoms with E-state index in [0.717, 1.165) is 36.5 Å². The predicted molar refractivity (Wildman–Crippen MR) is 71.7 cm³/mol. The highest BCUT2D eigenvalue weighted by molar-refractivity contribution is 6.21. The molecule has 0 aliphatic carbocycles. The number of hydrogen-bond acceptors (Lipinski definition) is 3. The minimum absolute atomic E-state index is 0.0720. The number of rotatable bonds is 4. The first-order valence-corrected chi connectivity index (χ1v) is 6.67. The third kappa shape index (κ3) is 2.90. The zero-order valence-electron chi connectivity index (χ0n) is 10.8. The molecule has 1 saturated heterocycles. The summed E-state index contributed by atoms with van der Waals surface area (Å²) in [6.45, 7) is 0.798. The quantitative estimate of drug-likeness (QED) is 0.783. The fourth-order valence-corrected chi connectivity index (χ4v) is 2.62. The molecule has 0 bridgehead atoms. The monoisotopic (exact) mass is 270 g/mol. The molecule has 2 unspecified atom stereocenters. The van der Waals surface area contributed by atoms with Crippen molar-refractivity contribution in [3.63, 3.8) is 0 Å². The van der Waals surface area contributed by atoms with Crippen molar-refractivity contribution in [1.29, 1.82) is 0 Å². The number of benzene rings is 1. The molecule has 1 fully saturated rings. The summed E-state index contributed by atoms with van der Waals surface area (Å²) in [5, 5.41) is -0.175. The van der Waals surface area contributed by atoms with Gasteiger partial charge in [0.25, 0.3) is 0 Å². The summed E-state index contributed by atoms with van der Waals surface area (Å²) in [6, 6.07) is 5.71. The molecule has 0 N–H and O–H groups in total. The van der Waals surface area contributed by atoms with Crippen LogP contribution in [0, 0.1) is 0 Å². The van der Waals surface area contributed by atoms with Crippen molar-refractivity contribution >= 4 is 11.6 Å². The zero-order chi connectivity index (χ0) is 13.0. The van der Waals surface area contributed by atoms with E-state index in [2.05, 4.69) is 0 Å². The Hall–Kier alpha value is -0.930. The molecule has 3 nitrogen and oxygen atoms in total. The number of halogens is 1. The van der Waals surface area contributed by atoms with Crippen LogP contribution in [0.2, 0.25) is 0 Å². The molecule has 0 radical (unpaired) electrons. The van der Waals surface area contributed by atoms with Gasteiger partial charge in [0.05, 0.1) is 25.7 Å². The highest BCUT2D eigenvalue weighted by Crippen LogP contribution is 2.38. The lowest BCUT2D eigenvalue weighted by molar-refractivity contribution is 0.0132. The third-order valence-corrected chi connectivity index (χ3v) is 3.80. The average Bonchev–Trinajstić information content (AvgIpc) is 2.46. The highest BCUT2D eigenvalue weighted by Gasteiger charge is 2.26. The van der Waals surface area contributed by atoms with E-state index in [1.807, 2.05) is 18.2 Å². The SMILES string of the molecule is COc1ccc(C(Cl)C2CCCCO2)c(OC)c1. The van der Waals surface area contributed by atoms with Gasteiger partial charge in [-0.05, 0) is 25.3 Å². The molecular formula is C14H19ClO3. The topological polar surface area (TPSA) is 27.7 Å². The molecule has 1 aliphatic rings. The van der Waals surface area contributed by atoms with Crippen LogP contribution in [0.4, 0.5) is 0 Å². The number of hydrogen-bond donors (Lipinski definition) is 0. The molecule has 18 heavy (non-hydrogen) atoms. The van der Waals surface area contributed by atoms with Gasteiger partial charge in [0.15, 0.2) is 0 Å². The van der Waals surface area contributed by atoms with E-state index in [1.165, 1.54) is 6.42 Å². The Labute approximate surface area is 113 Å². The highest BCUT2D eigenvalue weighted by atomic mass is 35.5. The largest absolute Gasteiger partial charge is 0.497 e. The number of ether oxygens (including phenoxy) is 3. The molecule has 1 aromatic rings. The summed E-state index contributed by atoms with van der Waals surface area (Å²) in [5.74, 6) is 1.52. The van der Waals surface area contributed by atoms with Crippen LogP contribution in [0.25, 0.3) is 0 Å². The Bertz CT molecular complexity index is 389. The van der Waals surface area contributed by atoms with Gasteiger partial charge in [-0.15, -0.1) is 11.6 Å². The molecule has 1 aromatic carbocycles. The van der Waals surface area contributed by atoms with Gasteiger partial charge in [0.1, 0.15) is 11.5 Å². The van der Waals surface area contributed by atoms with Gasteiger partial charge in [-0.2, -0.15) is 0 Å². The summed E-state index contributed by atoms with van der Waals surface area (Å²) in [5.41, 5.74) is 0.965. The molecule has 0 amide bonds. The van der Waals surface area contributed by atoms with Crippen molar-refractivity contribution < 1.29 is 14.2 Å². The van der Waals surface area contributed by atoms with Crippen LogP contribution in [-0.2, 0) is 4.74 Å². The van der Waals surface area contributed by atoms with Gasteiger partial charge in [-0.3, -0.25) is 0 Å². The molecule has 1 heterocycles. The van der Waals surface area contributed by atoms with Crippen LogP contribution < -0.4 is 9.47 Å². The van der Waals surface area contributed by atoms with E-state index in [1.54, 1.807) is 14.2 Å². The van der Waals surface area contributed by atoms with Gasteiger partial charge in [0.2, 0.25) is 0 Å². The maximum Gasteiger partial charge on any atom is 0.127 e.